The fraction of sp³-hybridized carbons (Fsp3) is 0.360. The van der Waals surface area contributed by atoms with Crippen molar-refractivity contribution in [2.75, 3.05) is 6.54 Å². The highest BCUT2D eigenvalue weighted by Gasteiger charge is 2.42. The zero-order valence-corrected chi connectivity index (χ0v) is 20.5. The molecule has 2 atom stereocenters. The summed E-state index contributed by atoms with van der Waals surface area (Å²) in [7, 11) is 0. The van der Waals surface area contributed by atoms with E-state index in [4.69, 9.17) is 21.6 Å². The van der Waals surface area contributed by atoms with E-state index >= 15 is 0 Å². The number of halogens is 1. The van der Waals surface area contributed by atoms with Gasteiger partial charge in [0.2, 0.25) is 5.91 Å². The number of hydrogen-bond donors (Lipinski definition) is 1. The fourth-order valence-corrected chi connectivity index (χ4v) is 4.88. The van der Waals surface area contributed by atoms with Crippen molar-refractivity contribution in [1.82, 2.24) is 10.2 Å². The molecule has 0 radical (unpaired) electrons. The van der Waals surface area contributed by atoms with E-state index in [-0.39, 0.29) is 11.8 Å². The molecule has 2 aliphatic heterocycles. The number of rotatable bonds is 7. The first kappa shape index (κ1) is 23.5. The Morgan fingerprint density at radius 1 is 1.15 bits per heavy atom. The molecular weight excluding hydrogens is 456 g/mol. The van der Waals surface area contributed by atoms with E-state index in [2.05, 4.69) is 19.2 Å². The monoisotopic (exact) mass is 482 g/mol. The number of nitrogens with zero attached hydrogens (tertiary/aromatic N) is 3. The van der Waals surface area contributed by atoms with Gasteiger partial charge in [-0.05, 0) is 55.5 Å². The van der Waals surface area contributed by atoms with Crippen LogP contribution in [-0.4, -0.2) is 45.6 Å². The summed E-state index contributed by atoms with van der Waals surface area (Å²) >= 11 is 7.21. The summed E-state index contributed by atoms with van der Waals surface area (Å²) in [5, 5.41) is 3.76. The minimum absolute atomic E-state index is 0.0743. The second kappa shape index (κ2) is 10.1. The molecule has 0 spiro atoms. The van der Waals surface area contributed by atoms with E-state index in [1.165, 1.54) is 11.8 Å². The second-order valence-electron chi connectivity index (χ2n) is 8.61. The molecule has 0 aliphatic carbocycles. The number of carbonyl (C=O) groups is 2. The van der Waals surface area contributed by atoms with Crippen LogP contribution >= 0.6 is 23.4 Å². The van der Waals surface area contributed by atoms with E-state index in [1.54, 1.807) is 4.90 Å². The quantitative estimate of drug-likeness (QED) is 0.614. The van der Waals surface area contributed by atoms with Crippen molar-refractivity contribution >= 4 is 51.9 Å². The summed E-state index contributed by atoms with van der Waals surface area (Å²) < 4.78 is 0. The number of benzene rings is 2. The second-order valence-corrected chi connectivity index (χ2v) is 10.4. The van der Waals surface area contributed by atoms with Crippen LogP contribution in [0.3, 0.4) is 0 Å². The van der Waals surface area contributed by atoms with E-state index in [0.29, 0.717) is 41.3 Å². The van der Waals surface area contributed by atoms with Crippen LogP contribution in [0.25, 0.3) is 0 Å². The molecule has 0 unspecified atom stereocenters. The number of hydrogen-bond acceptors (Lipinski definition) is 5. The third kappa shape index (κ3) is 5.31. The van der Waals surface area contributed by atoms with Gasteiger partial charge in [-0.3, -0.25) is 14.6 Å². The Bertz CT molecular complexity index is 1110. The summed E-state index contributed by atoms with van der Waals surface area (Å²) in [6.45, 7) is 6.51. The highest BCUT2D eigenvalue weighted by molar-refractivity contribution is 8.15. The molecule has 6 nitrogen and oxygen atoms in total. The first-order valence-electron chi connectivity index (χ1n) is 11.1. The van der Waals surface area contributed by atoms with Crippen molar-refractivity contribution in [2.45, 2.75) is 44.9 Å². The van der Waals surface area contributed by atoms with Crippen molar-refractivity contribution in [3.8, 4) is 0 Å². The zero-order chi connectivity index (χ0) is 23.5. The minimum atomic E-state index is -0.419. The molecule has 1 N–H and O–H groups in total. The molecule has 0 saturated carbocycles. The van der Waals surface area contributed by atoms with Crippen LogP contribution < -0.4 is 5.32 Å². The number of fused-ring (bicyclic) bond motifs is 3. The first-order chi connectivity index (χ1) is 15.8. The number of thioether (sulfide) groups is 1. The highest BCUT2D eigenvalue weighted by Crippen LogP contribution is 2.35. The standard InChI is InChI=1S/C25H27ClN4O2S/c1-15(2)14-21-24(32)30-22(28-21)19-6-4-5-7-20(19)29-25(30)33-16(3)23(31)27-13-12-17-8-10-18(26)11-9-17/h4-11,15-16,21H,12-14H2,1-3H3,(H,27,31)/t16-,21-/m0/s1. The summed E-state index contributed by atoms with van der Waals surface area (Å²) in [5.41, 5.74) is 2.72. The largest absolute Gasteiger partial charge is 0.355 e. The van der Waals surface area contributed by atoms with Gasteiger partial charge in [0.05, 0.1) is 10.9 Å². The van der Waals surface area contributed by atoms with Crippen LogP contribution in [0.5, 0.6) is 0 Å². The number of aliphatic imine (C=N–C) groups is 2. The van der Waals surface area contributed by atoms with Crippen LogP contribution in [0.2, 0.25) is 5.02 Å². The number of nitrogens with one attached hydrogen (secondary N) is 1. The van der Waals surface area contributed by atoms with Crippen molar-refractivity contribution < 1.29 is 9.59 Å². The van der Waals surface area contributed by atoms with Crippen molar-refractivity contribution in [3.63, 3.8) is 0 Å². The number of amides is 2. The van der Waals surface area contributed by atoms with Crippen LogP contribution in [0.1, 0.15) is 38.3 Å². The lowest BCUT2D eigenvalue weighted by Gasteiger charge is -2.27. The van der Waals surface area contributed by atoms with Gasteiger partial charge < -0.3 is 5.32 Å². The zero-order valence-electron chi connectivity index (χ0n) is 18.9. The lowest BCUT2D eigenvalue weighted by atomic mass is 10.0. The Morgan fingerprint density at radius 2 is 1.88 bits per heavy atom. The van der Waals surface area contributed by atoms with Gasteiger partial charge in [0.25, 0.3) is 5.91 Å². The highest BCUT2D eigenvalue weighted by atomic mass is 35.5. The number of carbonyl (C=O) groups excluding carboxylic acids is 2. The summed E-state index contributed by atoms with van der Waals surface area (Å²) in [6.07, 6.45) is 1.40. The lowest BCUT2D eigenvalue weighted by molar-refractivity contribution is -0.125. The third-order valence-electron chi connectivity index (χ3n) is 5.52. The first-order valence-corrected chi connectivity index (χ1v) is 12.4. The van der Waals surface area contributed by atoms with E-state index < -0.39 is 11.3 Å². The number of para-hydroxylation sites is 1. The molecular formula is C25H27ClN4O2S. The van der Waals surface area contributed by atoms with Gasteiger partial charge in [-0.15, -0.1) is 0 Å². The number of amidine groups is 2. The van der Waals surface area contributed by atoms with Gasteiger partial charge in [0.15, 0.2) is 5.17 Å². The average molecular weight is 483 g/mol. The van der Waals surface area contributed by atoms with Gasteiger partial charge in [-0.1, -0.05) is 61.5 Å². The average Bonchev–Trinajstić information content (AvgIpc) is 3.11. The maximum Gasteiger partial charge on any atom is 0.259 e. The Balaban J connectivity index is 1.45. The van der Waals surface area contributed by atoms with Crippen molar-refractivity contribution in [2.24, 2.45) is 15.9 Å². The molecule has 0 bridgehead atoms. The van der Waals surface area contributed by atoms with Gasteiger partial charge in [0.1, 0.15) is 11.9 Å². The molecule has 2 amide bonds. The van der Waals surface area contributed by atoms with E-state index in [0.717, 1.165) is 16.8 Å². The maximum absolute atomic E-state index is 13.2. The molecule has 0 aromatic heterocycles. The maximum atomic E-state index is 13.2. The normalized spacial score (nSPS) is 17.9. The summed E-state index contributed by atoms with van der Waals surface area (Å²) in [6, 6.07) is 14.9. The predicted octanol–water partition coefficient (Wildman–Crippen LogP) is 4.83. The Morgan fingerprint density at radius 3 is 2.61 bits per heavy atom. The molecule has 2 aromatic carbocycles. The molecule has 2 aromatic rings. The summed E-state index contributed by atoms with van der Waals surface area (Å²) in [4.78, 5) is 37.0. The van der Waals surface area contributed by atoms with Gasteiger partial charge in [-0.2, -0.15) is 0 Å². The lowest BCUT2D eigenvalue weighted by Crippen LogP contribution is -2.43. The molecule has 8 heteroatoms. The molecule has 0 fully saturated rings. The van der Waals surface area contributed by atoms with E-state index in [9.17, 15) is 9.59 Å². The summed E-state index contributed by atoms with van der Waals surface area (Å²) in [5.74, 6) is 0.807. The van der Waals surface area contributed by atoms with Crippen LogP contribution in [0.15, 0.2) is 58.5 Å². The van der Waals surface area contributed by atoms with Gasteiger partial charge >= 0.3 is 0 Å². The fourth-order valence-electron chi connectivity index (χ4n) is 3.82. The molecule has 0 saturated heterocycles. The molecule has 172 valence electrons. The smallest absolute Gasteiger partial charge is 0.259 e. The van der Waals surface area contributed by atoms with Gasteiger partial charge in [0, 0.05) is 17.1 Å². The van der Waals surface area contributed by atoms with Crippen LogP contribution in [0, 0.1) is 5.92 Å². The minimum Gasteiger partial charge on any atom is -0.355 e. The SMILES string of the molecule is CC(C)C[C@@H]1N=C2c3ccccc3N=C(S[C@@H](C)C(=O)NCCc3ccc(Cl)cc3)N2C1=O. The van der Waals surface area contributed by atoms with Crippen LogP contribution in [0.4, 0.5) is 5.69 Å². The Labute approximate surface area is 203 Å². The molecule has 33 heavy (non-hydrogen) atoms. The molecule has 2 aliphatic rings. The molecule has 4 rings (SSSR count). The Hall–Kier alpha value is -2.64. The van der Waals surface area contributed by atoms with Gasteiger partial charge in [-0.25, -0.2) is 9.89 Å². The molecule has 2 heterocycles. The van der Waals surface area contributed by atoms with Crippen molar-refractivity contribution in [3.05, 3.63) is 64.7 Å². The Kier molecular flexibility index (Phi) is 7.20. The predicted molar refractivity (Wildman–Crippen MR) is 135 cm³/mol. The van der Waals surface area contributed by atoms with E-state index in [1.807, 2.05) is 55.5 Å². The van der Waals surface area contributed by atoms with Crippen LogP contribution in [-0.2, 0) is 16.0 Å². The van der Waals surface area contributed by atoms with Crippen molar-refractivity contribution in [1.29, 1.82) is 0 Å². The third-order valence-corrected chi connectivity index (χ3v) is 6.82. The topological polar surface area (TPSA) is 74.1 Å².